The maximum absolute atomic E-state index is 11.6. The zero-order valence-electron chi connectivity index (χ0n) is 11.0. The van der Waals surface area contributed by atoms with E-state index in [2.05, 4.69) is 39.4 Å². The van der Waals surface area contributed by atoms with Gasteiger partial charge in [-0.2, -0.15) is 0 Å². The Bertz CT molecular complexity index is 217. The fourth-order valence-electron chi connectivity index (χ4n) is 1.96. The maximum Gasteiger partial charge on any atom is 0.309 e. The molecular formula is C12H26N2O2. The van der Waals surface area contributed by atoms with Crippen molar-refractivity contribution in [2.75, 3.05) is 6.61 Å². The van der Waals surface area contributed by atoms with Crippen LogP contribution in [-0.4, -0.2) is 12.6 Å². The molecule has 0 amide bonds. The number of rotatable bonds is 4. The molecule has 0 saturated heterocycles. The number of carbonyl (C=O) groups is 1. The Labute approximate surface area is 98.7 Å². The summed E-state index contributed by atoms with van der Waals surface area (Å²) in [5.74, 6) is 8.79. The summed E-state index contributed by atoms with van der Waals surface area (Å²) in [5.41, 5.74) is 0.142. The van der Waals surface area contributed by atoms with Gasteiger partial charge in [0, 0.05) is 0 Å². The van der Waals surface area contributed by atoms with Gasteiger partial charge in [0.1, 0.15) is 0 Å². The van der Waals surface area contributed by atoms with Gasteiger partial charge in [-0.25, -0.2) is 0 Å². The molecule has 0 bridgehead atoms. The molecule has 4 N–H and O–H groups in total. The first-order valence-electron chi connectivity index (χ1n) is 6.00. The van der Waals surface area contributed by atoms with Crippen LogP contribution in [0, 0.1) is 17.3 Å². The third kappa shape index (κ3) is 3.46. The van der Waals surface area contributed by atoms with Crippen LogP contribution in [0.4, 0.5) is 0 Å². The fourth-order valence-corrected chi connectivity index (χ4v) is 1.96. The zero-order valence-corrected chi connectivity index (χ0v) is 11.0. The number of ether oxygens (including phenoxy) is 1. The van der Waals surface area contributed by atoms with Crippen molar-refractivity contribution in [3.63, 3.8) is 0 Å². The van der Waals surface area contributed by atoms with E-state index in [4.69, 9.17) is 4.74 Å². The van der Waals surface area contributed by atoms with Gasteiger partial charge in [0.05, 0.1) is 12.5 Å². The number of carbonyl (C=O) groups excluding carboxylic acids is 1. The van der Waals surface area contributed by atoms with Crippen LogP contribution in [0.2, 0.25) is 0 Å². The van der Waals surface area contributed by atoms with E-state index in [0.29, 0.717) is 12.5 Å². The van der Waals surface area contributed by atoms with Crippen LogP contribution in [0.5, 0.6) is 0 Å². The van der Waals surface area contributed by atoms with Gasteiger partial charge in [-0.1, -0.05) is 34.1 Å². The lowest BCUT2D eigenvalue weighted by atomic mass is 9.55. The van der Waals surface area contributed by atoms with Gasteiger partial charge < -0.3 is 4.74 Å². The maximum atomic E-state index is 11.6. The molecule has 1 fully saturated rings. The molecule has 0 aromatic heterocycles. The van der Waals surface area contributed by atoms with Crippen molar-refractivity contribution in [2.45, 2.75) is 47.0 Å². The van der Waals surface area contributed by atoms with E-state index in [1.165, 1.54) is 0 Å². The minimum absolute atomic E-state index is 0.0153. The van der Waals surface area contributed by atoms with E-state index < -0.39 is 0 Å². The predicted molar refractivity (Wildman–Crippen MR) is 65.3 cm³/mol. The Morgan fingerprint density at radius 1 is 1.44 bits per heavy atom. The molecule has 0 aliphatic heterocycles. The number of hydrazine groups is 1. The van der Waals surface area contributed by atoms with Crippen molar-refractivity contribution >= 4 is 5.97 Å². The summed E-state index contributed by atoms with van der Waals surface area (Å²) in [6, 6.07) is 0. The van der Waals surface area contributed by atoms with Gasteiger partial charge in [-0.15, -0.1) is 0 Å². The molecular weight excluding hydrogens is 204 g/mol. The molecule has 2 atom stereocenters. The number of unbranched alkanes of at least 4 members (excludes halogenated alkanes) is 1. The molecule has 0 heterocycles. The summed E-state index contributed by atoms with van der Waals surface area (Å²) in [4.78, 5) is 11.6. The van der Waals surface area contributed by atoms with E-state index in [-0.39, 0.29) is 17.3 Å². The Hall–Kier alpha value is -0.610. The topological polar surface area (TPSA) is 78.3 Å². The van der Waals surface area contributed by atoms with Crippen molar-refractivity contribution < 1.29 is 9.53 Å². The van der Waals surface area contributed by atoms with Gasteiger partial charge in [0.15, 0.2) is 0 Å². The van der Waals surface area contributed by atoms with E-state index in [9.17, 15) is 4.79 Å². The first-order chi connectivity index (χ1) is 7.50. The average Bonchev–Trinajstić information content (AvgIpc) is 2.28. The van der Waals surface area contributed by atoms with Crippen LogP contribution in [0.25, 0.3) is 0 Å². The Morgan fingerprint density at radius 3 is 2.38 bits per heavy atom. The second kappa shape index (κ2) is 6.86. The molecule has 0 radical (unpaired) electrons. The third-order valence-electron chi connectivity index (χ3n) is 3.78. The largest absolute Gasteiger partial charge is 0.465 e. The lowest BCUT2D eigenvalue weighted by Gasteiger charge is -2.49. The molecule has 0 spiro atoms. The van der Waals surface area contributed by atoms with Crippen molar-refractivity contribution in [3.8, 4) is 0 Å². The van der Waals surface area contributed by atoms with E-state index in [1.54, 1.807) is 0 Å². The minimum Gasteiger partial charge on any atom is -0.465 e. The fraction of sp³-hybridized carbons (Fsp3) is 0.917. The lowest BCUT2D eigenvalue weighted by molar-refractivity contribution is -0.164. The highest BCUT2D eigenvalue weighted by molar-refractivity contribution is 5.74. The molecule has 1 aliphatic carbocycles. The monoisotopic (exact) mass is 230 g/mol. The summed E-state index contributed by atoms with van der Waals surface area (Å²) in [5, 5.41) is 0. The lowest BCUT2D eigenvalue weighted by Crippen LogP contribution is -2.48. The molecule has 1 aliphatic rings. The minimum atomic E-state index is 0.0153. The first-order valence-corrected chi connectivity index (χ1v) is 6.00. The van der Waals surface area contributed by atoms with Gasteiger partial charge in [-0.3, -0.25) is 16.5 Å². The van der Waals surface area contributed by atoms with E-state index in [1.807, 2.05) is 0 Å². The molecule has 96 valence electrons. The van der Waals surface area contributed by atoms with E-state index in [0.717, 1.165) is 19.3 Å². The first kappa shape index (κ1) is 15.4. The molecule has 0 aromatic carbocycles. The highest BCUT2D eigenvalue weighted by atomic mass is 16.5. The normalized spacial score (nSPS) is 26.1. The molecule has 16 heavy (non-hydrogen) atoms. The van der Waals surface area contributed by atoms with Crippen LogP contribution in [0.15, 0.2) is 0 Å². The molecule has 4 nitrogen and oxygen atoms in total. The summed E-state index contributed by atoms with van der Waals surface area (Å²) < 4.78 is 5.23. The average molecular weight is 230 g/mol. The molecule has 4 heteroatoms. The second-order valence-electron chi connectivity index (χ2n) is 5.03. The smallest absolute Gasteiger partial charge is 0.309 e. The van der Waals surface area contributed by atoms with Crippen molar-refractivity contribution in [2.24, 2.45) is 28.9 Å². The standard InChI is InChI=1S/C12H22O2.H4N2/c1-5-6-7-14-11(13)10-8-9(2)12(10,3)4;1-2/h9-10H,5-8H2,1-4H3;1-2H2. The van der Waals surface area contributed by atoms with Crippen LogP contribution in [-0.2, 0) is 9.53 Å². The van der Waals surface area contributed by atoms with Gasteiger partial charge in [0.25, 0.3) is 0 Å². The third-order valence-corrected chi connectivity index (χ3v) is 3.78. The van der Waals surface area contributed by atoms with Crippen molar-refractivity contribution in [1.29, 1.82) is 0 Å². The number of esters is 1. The van der Waals surface area contributed by atoms with Crippen molar-refractivity contribution in [3.05, 3.63) is 0 Å². The summed E-state index contributed by atoms with van der Waals surface area (Å²) in [6.07, 6.45) is 3.06. The number of hydrogen-bond donors (Lipinski definition) is 2. The van der Waals surface area contributed by atoms with Crippen LogP contribution in [0.1, 0.15) is 47.0 Å². The Kier molecular flexibility index (Phi) is 6.60. The quantitative estimate of drug-likeness (QED) is 0.334. The van der Waals surface area contributed by atoms with Crippen molar-refractivity contribution in [1.82, 2.24) is 0 Å². The summed E-state index contributed by atoms with van der Waals surface area (Å²) in [7, 11) is 0. The number of nitrogens with two attached hydrogens (primary N) is 2. The Balaban J connectivity index is 0.00000106. The predicted octanol–water partition coefficient (Wildman–Crippen LogP) is 1.83. The molecule has 2 unspecified atom stereocenters. The molecule has 1 rings (SSSR count). The van der Waals surface area contributed by atoms with Gasteiger partial charge >= 0.3 is 5.97 Å². The van der Waals surface area contributed by atoms with E-state index >= 15 is 0 Å². The molecule has 0 aromatic rings. The summed E-state index contributed by atoms with van der Waals surface area (Å²) >= 11 is 0. The second-order valence-corrected chi connectivity index (χ2v) is 5.03. The highest BCUT2D eigenvalue weighted by Gasteiger charge is 2.49. The van der Waals surface area contributed by atoms with Gasteiger partial charge in [0.2, 0.25) is 0 Å². The molecule has 1 saturated carbocycles. The van der Waals surface area contributed by atoms with Crippen LogP contribution >= 0.6 is 0 Å². The SMILES string of the molecule is CCCCOC(=O)C1CC(C)C1(C)C.NN. The van der Waals surface area contributed by atoms with Crippen LogP contribution in [0.3, 0.4) is 0 Å². The van der Waals surface area contributed by atoms with Gasteiger partial charge in [-0.05, 0) is 24.2 Å². The number of hydrogen-bond acceptors (Lipinski definition) is 4. The highest BCUT2D eigenvalue weighted by Crippen LogP contribution is 2.51. The van der Waals surface area contributed by atoms with Crippen LogP contribution < -0.4 is 11.7 Å². The Morgan fingerprint density at radius 2 is 2.00 bits per heavy atom. The zero-order chi connectivity index (χ0) is 12.8. The summed E-state index contributed by atoms with van der Waals surface area (Å²) in [6.45, 7) is 9.22.